The van der Waals surface area contributed by atoms with Gasteiger partial charge in [0.15, 0.2) is 53.2 Å². The van der Waals surface area contributed by atoms with Crippen LogP contribution in [0.15, 0.2) is 146 Å². The van der Waals surface area contributed by atoms with E-state index in [0.717, 1.165) is 135 Å². The number of aliphatic hydroxyl groups is 1. The minimum Gasteiger partial charge on any atom is -0.870 e. The third-order valence-corrected chi connectivity index (χ3v) is 19.8. The van der Waals surface area contributed by atoms with Gasteiger partial charge in [0.2, 0.25) is 0 Å². The maximum absolute atomic E-state index is 13.9. The number of hydrogen-bond acceptors (Lipinski definition) is 15. The monoisotopic (exact) mass is 1560 g/mol. The van der Waals surface area contributed by atoms with Crippen LogP contribution in [0.4, 0.5) is 26.3 Å². The molecule has 12 aromatic rings. The molecule has 9 heterocycles. The molecule has 3 N–H and O–H groups in total. The Hall–Kier alpha value is -10.8. The molecule has 6 aromatic heterocycles. The second-order valence-electron chi connectivity index (χ2n) is 30.1. The van der Waals surface area contributed by atoms with Crippen molar-refractivity contribution in [1.29, 1.82) is 0 Å². The van der Waals surface area contributed by atoms with E-state index in [9.17, 15) is 50.9 Å². The Morgan fingerprint density at radius 2 is 0.763 bits per heavy atom. The predicted octanol–water partition coefficient (Wildman–Crippen LogP) is 15.0. The summed E-state index contributed by atoms with van der Waals surface area (Å²) in [6.07, 6.45) is 7.08. The van der Waals surface area contributed by atoms with Crippen LogP contribution < -0.4 is 33.1 Å². The number of carbonyl (C=O) groups excluding carboxylic acids is 2. The zero-order valence-electron chi connectivity index (χ0n) is 65.4. The van der Waals surface area contributed by atoms with Gasteiger partial charge in [-0.2, -0.15) is 0 Å². The first-order chi connectivity index (χ1) is 53.4. The summed E-state index contributed by atoms with van der Waals surface area (Å²) in [5, 5.41) is 23.4. The van der Waals surface area contributed by atoms with Crippen LogP contribution in [0, 0.1) is 55.7 Å². The molecule has 3 aliphatic heterocycles. The molecule has 0 aliphatic carbocycles. The molecule has 15 rings (SSSR count). The van der Waals surface area contributed by atoms with Crippen LogP contribution >= 0.6 is 0 Å². The van der Waals surface area contributed by atoms with Gasteiger partial charge >= 0.3 is 36.8 Å². The summed E-state index contributed by atoms with van der Waals surface area (Å²) in [6.45, 7) is 19.3. The molecule has 0 saturated heterocycles. The molecule has 114 heavy (non-hydrogen) atoms. The van der Waals surface area contributed by atoms with Crippen LogP contribution in [0.5, 0.6) is 17.2 Å². The number of esters is 2. The number of aliphatic hydroxyl groups excluding tert-OH is 1. The third-order valence-electron chi connectivity index (χ3n) is 19.8. The van der Waals surface area contributed by atoms with Gasteiger partial charge in [0, 0.05) is 105 Å². The third kappa shape index (κ3) is 18.1. The maximum atomic E-state index is 13.9. The van der Waals surface area contributed by atoms with Crippen LogP contribution in [-0.4, -0.2) is 107 Å². The Kier molecular flexibility index (Phi) is 25.8. The minimum atomic E-state index is -1.52. The smallest absolute Gasteiger partial charge is 0.870 e. The number of rotatable bonds is 17. The number of carboxylic acids is 1. The molecule has 26 heteroatoms. The number of carbonyl (C=O) groups is 3. The molecule has 0 spiro atoms. The molecule has 3 unspecified atom stereocenters. The topological polar surface area (TPSA) is 240 Å². The van der Waals surface area contributed by atoms with E-state index >= 15 is 0 Å². The van der Waals surface area contributed by atoms with Gasteiger partial charge in [-0.15, -0.1) is 0 Å². The summed E-state index contributed by atoms with van der Waals surface area (Å²) in [5.74, 6) is -5.29. The van der Waals surface area contributed by atoms with E-state index < -0.39 is 82.3 Å². The van der Waals surface area contributed by atoms with Gasteiger partial charge in [0.1, 0.15) is 34.2 Å². The Balaban J connectivity index is 0.000000167. The average Bonchev–Trinajstić information content (AvgIpc) is 1.46. The van der Waals surface area contributed by atoms with Gasteiger partial charge in [0.05, 0.1) is 45.2 Å². The molecular weight excluding hydrogens is 1470 g/mol. The SMILES string of the molecule is COC(=O)C(O)c1c(C)nc2c(ccn2Cc2ccc(F)c(F)c2)c1-c1ccc2c(c1)CCCO2.COC(=O)C(OC(C)(C)C)c1c(C)nc2c(ccn2Cc2ccc(F)c(F)c2)c1-c1ccc2c(c1)CCCO2.Cc1nc2c(ccn2Cc2ccc(F)c(F)c2)c(-c2ccc3c(c2)CCCO3)c1C(OC(C)(C)C)C(=O)O.[Li+].[OH-]. The zero-order chi connectivity index (χ0) is 79.8. The first-order valence-corrected chi connectivity index (χ1v) is 36.9. The van der Waals surface area contributed by atoms with Crippen LogP contribution in [0.2, 0.25) is 0 Å². The molecule has 0 radical (unpaired) electrons. The number of pyridine rings is 3. The fourth-order valence-electron chi connectivity index (χ4n) is 14.8. The molecular formula is C88H87F6LiN6O13. The second kappa shape index (κ2) is 34.9. The molecule has 590 valence electrons. The fourth-order valence-corrected chi connectivity index (χ4v) is 14.8. The number of benzene rings is 6. The van der Waals surface area contributed by atoms with Crippen molar-refractivity contribution in [1.82, 2.24) is 28.7 Å². The molecule has 6 aromatic carbocycles. The molecule has 3 aliphatic rings. The van der Waals surface area contributed by atoms with Crippen molar-refractivity contribution < 1.29 is 108 Å². The van der Waals surface area contributed by atoms with Gasteiger partial charge in [0.25, 0.3) is 0 Å². The predicted molar refractivity (Wildman–Crippen MR) is 413 cm³/mol. The number of aliphatic carboxylic acids is 1. The van der Waals surface area contributed by atoms with Gasteiger partial charge < -0.3 is 62.5 Å². The minimum absolute atomic E-state index is 0. The molecule has 0 fully saturated rings. The van der Waals surface area contributed by atoms with E-state index in [1.165, 1.54) is 38.5 Å². The van der Waals surface area contributed by atoms with Crippen LogP contribution in [0.1, 0.15) is 146 Å². The van der Waals surface area contributed by atoms with Gasteiger partial charge in [-0.05, 0) is 242 Å². The Morgan fingerprint density at radius 1 is 0.447 bits per heavy atom. The number of fused-ring (bicyclic) bond motifs is 6. The van der Waals surface area contributed by atoms with Gasteiger partial charge in [-0.3, -0.25) is 0 Å². The van der Waals surface area contributed by atoms with Crippen molar-refractivity contribution in [2.75, 3.05) is 34.0 Å². The quantitative estimate of drug-likeness (QED) is 0.0489. The summed E-state index contributed by atoms with van der Waals surface area (Å²) in [7, 11) is 2.57. The summed E-state index contributed by atoms with van der Waals surface area (Å²) in [6, 6.07) is 34.9. The first-order valence-electron chi connectivity index (χ1n) is 36.9. The van der Waals surface area contributed by atoms with Gasteiger partial charge in [-0.25, -0.2) is 55.7 Å². The van der Waals surface area contributed by atoms with Crippen LogP contribution in [-0.2, 0) is 72.2 Å². The fraction of sp³-hybridized carbons (Fsp3) is 0.318. The summed E-state index contributed by atoms with van der Waals surface area (Å²) in [5.41, 5.74) is 13.3. The largest absolute Gasteiger partial charge is 1.00 e. The van der Waals surface area contributed by atoms with Crippen molar-refractivity contribution in [2.24, 2.45) is 0 Å². The molecule has 19 nitrogen and oxygen atoms in total. The Bertz CT molecular complexity index is 5630. The molecule has 0 amide bonds. The number of methoxy groups -OCH3 is 2. The Morgan fingerprint density at radius 3 is 1.08 bits per heavy atom. The maximum Gasteiger partial charge on any atom is 1.00 e. The van der Waals surface area contributed by atoms with E-state index in [0.29, 0.717) is 105 Å². The van der Waals surface area contributed by atoms with E-state index in [4.69, 9.17) is 43.1 Å². The van der Waals surface area contributed by atoms with Crippen LogP contribution in [0.3, 0.4) is 0 Å². The summed E-state index contributed by atoms with van der Waals surface area (Å²) in [4.78, 5) is 52.4. The second-order valence-corrected chi connectivity index (χ2v) is 30.1. The number of hydrogen-bond donors (Lipinski definition) is 2. The van der Waals surface area contributed by atoms with E-state index in [1.54, 1.807) is 26.1 Å². The average molecular weight is 1560 g/mol. The molecule has 0 saturated carbocycles. The van der Waals surface area contributed by atoms with Crippen LogP contribution in [0.25, 0.3) is 66.5 Å². The van der Waals surface area contributed by atoms with Crippen molar-refractivity contribution in [2.45, 2.75) is 150 Å². The normalized spacial score (nSPS) is 13.8. The number of aryl methyl sites for hydroxylation is 6. The standard InChI is InChI=1S/C31H32F2N2O4.C30H30F2N2O4.C27H24F2N2O4.Li.H2O/c1-18-26(28(30(36)37-5)39-31(2,3)4)27(21-9-11-25-20(16-21)7-6-14-38-25)22-12-13-35(29(22)34-18)17-19-8-10-23(32)24(33)15-19;1-17-25(27(29(35)36)38-30(2,3)4)26(20-8-10-24-19(15-20)6-5-13-37-24)21-11-12-34(28(21)33-17)16-18-7-9-22(31)23(32)14-18;1-15-23(25(32)27(33)34-2)24(18-6-8-22-17(13-18)4-3-11-35-22)19-9-10-31(26(19)30-15)14-16-5-7-20(28)21(29)12-16;;/h8-13,15-16,28H,6-7,14,17H2,1-5H3;7-12,14-15,27H,5-6,13,16H2,1-4H3,(H,35,36);5-10,12-13,25,32H,3-4,11,14H2,1-2H3;;1H2/q;;;+1;/p-1. The summed E-state index contributed by atoms with van der Waals surface area (Å²) >= 11 is 0. The zero-order valence-corrected chi connectivity index (χ0v) is 65.4. The van der Waals surface area contributed by atoms with E-state index in [1.807, 2.05) is 135 Å². The molecule has 3 atom stereocenters. The number of ether oxygens (including phenoxy) is 7. The van der Waals surface area contributed by atoms with Gasteiger partial charge in [-0.1, -0.05) is 36.4 Å². The first kappa shape index (κ1) is 84.1. The van der Waals surface area contributed by atoms with E-state index in [2.05, 4.69) is 17.1 Å². The Labute approximate surface area is 667 Å². The summed E-state index contributed by atoms with van der Waals surface area (Å²) < 4.78 is 127. The van der Waals surface area contributed by atoms with Crippen molar-refractivity contribution >= 4 is 51.0 Å². The van der Waals surface area contributed by atoms with Crippen molar-refractivity contribution in [3.05, 3.63) is 248 Å². The van der Waals surface area contributed by atoms with Crippen molar-refractivity contribution in [3.8, 4) is 50.6 Å². The number of nitrogens with zero attached hydrogens (tertiary/aromatic N) is 6. The number of halogens is 6. The number of aromatic nitrogens is 6. The molecule has 0 bridgehead atoms. The van der Waals surface area contributed by atoms with E-state index in [-0.39, 0.29) is 37.4 Å². The van der Waals surface area contributed by atoms with Crippen molar-refractivity contribution in [3.63, 3.8) is 0 Å². The number of carboxylic acid groups (broad SMARTS) is 1.